The van der Waals surface area contributed by atoms with Crippen molar-refractivity contribution in [3.8, 4) is 5.75 Å². The molecule has 6 heteroatoms. The molecule has 4 rings (SSSR count). The molecule has 2 aromatic carbocycles. The fourth-order valence-corrected chi connectivity index (χ4v) is 5.05. The zero-order valence-corrected chi connectivity index (χ0v) is 16.7. The summed E-state index contributed by atoms with van der Waals surface area (Å²) in [7, 11) is 1.66. The van der Waals surface area contributed by atoms with Gasteiger partial charge in [-0.1, -0.05) is 24.3 Å². The van der Waals surface area contributed by atoms with Crippen molar-refractivity contribution in [1.82, 2.24) is 4.90 Å². The molecule has 0 spiro atoms. The molecule has 1 N–H and O–H groups in total. The summed E-state index contributed by atoms with van der Waals surface area (Å²) in [6, 6.07) is 15.9. The van der Waals surface area contributed by atoms with E-state index in [1.165, 1.54) is 17.3 Å². The normalized spacial score (nSPS) is 21.2. The molecular weight excluding hydrogens is 372 g/mol. The van der Waals surface area contributed by atoms with Crippen molar-refractivity contribution < 1.29 is 14.3 Å². The standard InChI is InChI=1S/C22H24N2O3S/c1-27-17-8-4-6-15(13-17)12-16-7-5-11-24(16)21(25)14-20-22(26)23-18-9-2-3-10-19(18)28-20/h2-4,6,8-10,13,16,20H,5,7,11-12,14H2,1H3,(H,23,26). The number of hydrogen-bond acceptors (Lipinski definition) is 4. The molecule has 0 aliphatic carbocycles. The first kappa shape index (κ1) is 18.9. The highest BCUT2D eigenvalue weighted by Crippen LogP contribution is 2.37. The molecule has 5 nitrogen and oxygen atoms in total. The van der Waals surface area contributed by atoms with Gasteiger partial charge in [-0.2, -0.15) is 0 Å². The first-order chi connectivity index (χ1) is 13.6. The Labute approximate surface area is 169 Å². The first-order valence-electron chi connectivity index (χ1n) is 9.63. The van der Waals surface area contributed by atoms with Crippen molar-refractivity contribution in [1.29, 1.82) is 0 Å². The summed E-state index contributed by atoms with van der Waals surface area (Å²) in [5.41, 5.74) is 2.00. The third-order valence-corrected chi connectivity index (χ3v) is 6.64. The van der Waals surface area contributed by atoms with Crippen molar-refractivity contribution >= 4 is 29.3 Å². The molecule has 2 aliphatic rings. The summed E-state index contributed by atoms with van der Waals surface area (Å²) in [5, 5.41) is 2.55. The maximum Gasteiger partial charge on any atom is 0.238 e. The molecule has 2 aliphatic heterocycles. The molecule has 2 atom stereocenters. The molecule has 1 saturated heterocycles. The largest absolute Gasteiger partial charge is 0.497 e. The maximum atomic E-state index is 13.0. The molecule has 2 unspecified atom stereocenters. The molecule has 0 bridgehead atoms. The van der Waals surface area contributed by atoms with Crippen LogP contribution >= 0.6 is 11.8 Å². The lowest BCUT2D eigenvalue weighted by Crippen LogP contribution is -2.40. The van der Waals surface area contributed by atoms with E-state index in [2.05, 4.69) is 11.4 Å². The van der Waals surface area contributed by atoms with Crippen LogP contribution in [0.25, 0.3) is 0 Å². The van der Waals surface area contributed by atoms with Crippen LogP contribution in [-0.4, -0.2) is 41.7 Å². The van der Waals surface area contributed by atoms with Crippen LogP contribution in [0.3, 0.4) is 0 Å². The highest BCUT2D eigenvalue weighted by Gasteiger charge is 2.34. The van der Waals surface area contributed by atoms with Crippen LogP contribution in [0.15, 0.2) is 53.4 Å². The lowest BCUT2D eigenvalue weighted by Gasteiger charge is -2.28. The number of nitrogens with zero attached hydrogens (tertiary/aromatic N) is 1. The SMILES string of the molecule is COc1cccc(CC2CCCN2C(=O)CC2Sc3ccccc3NC2=O)c1. The molecule has 2 amide bonds. The van der Waals surface area contributed by atoms with E-state index >= 15 is 0 Å². The number of methoxy groups -OCH3 is 1. The summed E-state index contributed by atoms with van der Waals surface area (Å²) in [4.78, 5) is 28.4. The van der Waals surface area contributed by atoms with Gasteiger partial charge in [0.25, 0.3) is 0 Å². The van der Waals surface area contributed by atoms with E-state index in [1.54, 1.807) is 7.11 Å². The van der Waals surface area contributed by atoms with Crippen molar-refractivity contribution in [2.75, 3.05) is 19.0 Å². The van der Waals surface area contributed by atoms with Crippen LogP contribution in [0.5, 0.6) is 5.75 Å². The van der Waals surface area contributed by atoms with Crippen LogP contribution in [0.2, 0.25) is 0 Å². The number of carbonyl (C=O) groups excluding carboxylic acids is 2. The number of amides is 2. The summed E-state index contributed by atoms with van der Waals surface area (Å²) >= 11 is 1.49. The van der Waals surface area contributed by atoms with E-state index in [0.717, 1.165) is 42.1 Å². The summed E-state index contributed by atoms with van der Waals surface area (Å²) in [6.45, 7) is 0.767. The quantitative estimate of drug-likeness (QED) is 0.837. The second-order valence-electron chi connectivity index (χ2n) is 7.23. The minimum absolute atomic E-state index is 0.0671. The van der Waals surface area contributed by atoms with E-state index in [1.807, 2.05) is 47.4 Å². The molecular formula is C22H24N2O3S. The Hall–Kier alpha value is -2.47. The van der Waals surface area contributed by atoms with Gasteiger partial charge in [-0.15, -0.1) is 11.8 Å². The number of rotatable bonds is 5. The molecule has 2 heterocycles. The van der Waals surface area contributed by atoms with E-state index in [0.29, 0.717) is 0 Å². The number of fused-ring (bicyclic) bond motifs is 1. The Morgan fingerprint density at radius 3 is 2.96 bits per heavy atom. The minimum atomic E-state index is -0.375. The lowest BCUT2D eigenvalue weighted by atomic mass is 10.0. The molecule has 0 radical (unpaired) electrons. The van der Waals surface area contributed by atoms with Gasteiger partial charge >= 0.3 is 0 Å². The Morgan fingerprint density at radius 1 is 1.25 bits per heavy atom. The molecule has 2 aromatic rings. The highest BCUT2D eigenvalue weighted by molar-refractivity contribution is 8.01. The van der Waals surface area contributed by atoms with Gasteiger partial charge in [-0.3, -0.25) is 9.59 Å². The molecule has 0 aromatic heterocycles. The summed E-state index contributed by atoms with van der Waals surface area (Å²) in [6.07, 6.45) is 3.05. The first-order valence-corrected chi connectivity index (χ1v) is 10.5. The number of likely N-dealkylation sites (tertiary alicyclic amines) is 1. The zero-order valence-electron chi connectivity index (χ0n) is 15.9. The van der Waals surface area contributed by atoms with Gasteiger partial charge in [0.2, 0.25) is 11.8 Å². The topological polar surface area (TPSA) is 58.6 Å². The lowest BCUT2D eigenvalue weighted by molar-refractivity contribution is -0.133. The molecule has 28 heavy (non-hydrogen) atoms. The van der Waals surface area contributed by atoms with E-state index < -0.39 is 0 Å². The third kappa shape index (κ3) is 4.02. The smallest absolute Gasteiger partial charge is 0.238 e. The monoisotopic (exact) mass is 396 g/mol. The van der Waals surface area contributed by atoms with Gasteiger partial charge in [0.1, 0.15) is 5.75 Å². The highest BCUT2D eigenvalue weighted by atomic mass is 32.2. The number of nitrogens with one attached hydrogen (secondary N) is 1. The van der Waals surface area contributed by atoms with E-state index in [9.17, 15) is 9.59 Å². The average Bonchev–Trinajstić information content (AvgIpc) is 3.17. The Kier molecular flexibility index (Phi) is 5.57. The average molecular weight is 397 g/mol. The molecule has 1 fully saturated rings. The number of hydrogen-bond donors (Lipinski definition) is 1. The van der Waals surface area contributed by atoms with Gasteiger partial charge in [-0.05, 0) is 49.1 Å². The van der Waals surface area contributed by atoms with Gasteiger partial charge in [0.05, 0.1) is 18.0 Å². The Bertz CT molecular complexity index is 886. The van der Waals surface area contributed by atoms with Crippen LogP contribution in [0, 0.1) is 0 Å². The number of anilines is 1. The molecule has 0 saturated carbocycles. The van der Waals surface area contributed by atoms with Crippen LogP contribution in [-0.2, 0) is 16.0 Å². The van der Waals surface area contributed by atoms with Crippen molar-refractivity contribution in [3.05, 3.63) is 54.1 Å². The van der Waals surface area contributed by atoms with Gasteiger partial charge in [0.15, 0.2) is 0 Å². The fraction of sp³-hybridized carbons (Fsp3) is 0.364. The third-order valence-electron chi connectivity index (χ3n) is 5.37. The number of ether oxygens (including phenoxy) is 1. The van der Waals surface area contributed by atoms with Gasteiger partial charge in [-0.25, -0.2) is 0 Å². The predicted octanol–water partition coefficient (Wildman–Crippen LogP) is 3.73. The maximum absolute atomic E-state index is 13.0. The number of benzene rings is 2. The second kappa shape index (κ2) is 8.27. The number of para-hydroxylation sites is 1. The Balaban J connectivity index is 1.42. The van der Waals surface area contributed by atoms with E-state index in [4.69, 9.17) is 4.74 Å². The summed E-state index contributed by atoms with van der Waals surface area (Å²) in [5.74, 6) is 0.820. The predicted molar refractivity (Wildman–Crippen MR) is 111 cm³/mol. The van der Waals surface area contributed by atoms with Crippen molar-refractivity contribution in [2.45, 2.75) is 41.9 Å². The second-order valence-corrected chi connectivity index (χ2v) is 8.48. The van der Waals surface area contributed by atoms with Crippen LogP contribution in [0.4, 0.5) is 5.69 Å². The zero-order chi connectivity index (χ0) is 19.5. The minimum Gasteiger partial charge on any atom is -0.497 e. The van der Waals surface area contributed by atoms with E-state index in [-0.39, 0.29) is 29.5 Å². The summed E-state index contributed by atoms with van der Waals surface area (Å²) < 4.78 is 5.31. The molecule has 146 valence electrons. The van der Waals surface area contributed by atoms with Gasteiger partial charge < -0.3 is 15.0 Å². The van der Waals surface area contributed by atoms with Crippen LogP contribution < -0.4 is 10.1 Å². The van der Waals surface area contributed by atoms with Crippen molar-refractivity contribution in [3.63, 3.8) is 0 Å². The number of thioether (sulfide) groups is 1. The van der Waals surface area contributed by atoms with Crippen molar-refractivity contribution in [2.24, 2.45) is 0 Å². The Morgan fingerprint density at radius 2 is 2.11 bits per heavy atom. The number of carbonyl (C=O) groups is 2. The van der Waals surface area contributed by atoms with Crippen LogP contribution in [0.1, 0.15) is 24.8 Å². The van der Waals surface area contributed by atoms with Gasteiger partial charge in [0, 0.05) is 23.9 Å². The fourth-order valence-electron chi connectivity index (χ4n) is 3.95.